The summed E-state index contributed by atoms with van der Waals surface area (Å²) in [7, 11) is 1.71. The van der Waals surface area contributed by atoms with Crippen LogP contribution < -0.4 is 11.1 Å². The number of Topliss-reactive ketones (excluding diaryl/α,β-unsaturated/α-hetero) is 1. The molecule has 0 spiro atoms. The summed E-state index contributed by atoms with van der Waals surface area (Å²) in [6.45, 7) is 1.51. The first-order chi connectivity index (χ1) is 5.07. The number of rotatable bonds is 5. The first kappa shape index (κ1) is 10.3. The molecule has 0 heterocycles. The number of ketones is 1. The Balaban J connectivity index is 3.70. The van der Waals surface area contributed by atoms with Crippen molar-refractivity contribution in [2.75, 3.05) is 7.05 Å². The minimum absolute atomic E-state index is 0.0637. The van der Waals surface area contributed by atoms with Gasteiger partial charge < -0.3 is 5.32 Å². The van der Waals surface area contributed by atoms with E-state index in [2.05, 4.69) is 11.1 Å². The van der Waals surface area contributed by atoms with Crippen LogP contribution in [0.2, 0.25) is 0 Å². The van der Waals surface area contributed by atoms with Crippen molar-refractivity contribution in [3.8, 4) is 0 Å². The molecule has 64 valence electrons. The highest BCUT2D eigenvalue weighted by atomic mass is 16.1. The van der Waals surface area contributed by atoms with Gasteiger partial charge in [0.1, 0.15) is 5.78 Å². The zero-order valence-electron chi connectivity index (χ0n) is 7.02. The maximum atomic E-state index is 10.8. The molecule has 0 rings (SSSR count). The fraction of sp³-hybridized carbons (Fsp3) is 0.714. The second kappa shape index (κ2) is 4.98. The lowest BCUT2D eigenvalue weighted by Crippen LogP contribution is -2.57. The SMILES string of the molecule is CNC(CCC([NH3+])=O)C(C)=O. The lowest BCUT2D eigenvalue weighted by atomic mass is 10.1. The standard InChI is InChI=1S/C7H14N2O2/c1-5(10)6(9-2)3-4-7(8)11/h6,9H,3-4H2,1-2H3,(H2,8,11)/p+1. The van der Waals surface area contributed by atoms with Crippen molar-refractivity contribution < 1.29 is 15.3 Å². The molecule has 1 unspecified atom stereocenters. The number of carbonyl (C=O) groups excluding carboxylic acids is 2. The summed E-state index contributed by atoms with van der Waals surface area (Å²) in [5.41, 5.74) is 3.23. The molecule has 1 amide bonds. The molecule has 1 atom stereocenters. The Labute approximate surface area is 66.1 Å². The van der Waals surface area contributed by atoms with E-state index in [1.165, 1.54) is 6.92 Å². The molecule has 0 aliphatic rings. The number of amides is 1. The van der Waals surface area contributed by atoms with Crippen LogP contribution in [0.15, 0.2) is 0 Å². The number of hydrogen-bond acceptors (Lipinski definition) is 3. The minimum atomic E-state index is -0.194. The monoisotopic (exact) mass is 159 g/mol. The molecule has 0 saturated heterocycles. The molecule has 0 bridgehead atoms. The molecule has 0 aromatic rings. The predicted octanol–water partition coefficient (Wildman–Crippen LogP) is -1.29. The quantitative estimate of drug-likeness (QED) is 0.524. The van der Waals surface area contributed by atoms with Crippen molar-refractivity contribution >= 4 is 11.7 Å². The fourth-order valence-electron chi connectivity index (χ4n) is 0.856. The van der Waals surface area contributed by atoms with E-state index in [1.807, 2.05) is 0 Å². The average Bonchev–Trinajstić information content (AvgIpc) is 1.87. The van der Waals surface area contributed by atoms with Gasteiger partial charge in [0.15, 0.2) is 0 Å². The van der Waals surface area contributed by atoms with E-state index in [0.29, 0.717) is 12.8 Å². The summed E-state index contributed by atoms with van der Waals surface area (Å²) in [4.78, 5) is 21.2. The van der Waals surface area contributed by atoms with E-state index in [-0.39, 0.29) is 17.7 Å². The van der Waals surface area contributed by atoms with Gasteiger partial charge in [0.05, 0.1) is 12.5 Å². The lowest BCUT2D eigenvalue weighted by molar-refractivity contribution is -0.305. The Morgan fingerprint density at radius 3 is 2.36 bits per heavy atom. The third kappa shape index (κ3) is 4.64. The van der Waals surface area contributed by atoms with Gasteiger partial charge >= 0.3 is 5.91 Å². The number of quaternary nitrogens is 1. The van der Waals surface area contributed by atoms with E-state index in [9.17, 15) is 9.59 Å². The first-order valence-corrected chi connectivity index (χ1v) is 3.60. The molecule has 0 saturated carbocycles. The van der Waals surface area contributed by atoms with Gasteiger partial charge in [-0.2, -0.15) is 0 Å². The molecular formula is C7H15N2O2+. The molecule has 0 aliphatic carbocycles. The second-order valence-electron chi connectivity index (χ2n) is 2.53. The lowest BCUT2D eigenvalue weighted by Gasteiger charge is -2.09. The smallest absolute Gasteiger partial charge is 0.308 e. The van der Waals surface area contributed by atoms with Gasteiger partial charge in [-0.05, 0) is 20.4 Å². The van der Waals surface area contributed by atoms with Crippen LogP contribution in [0.4, 0.5) is 0 Å². The summed E-state index contributed by atoms with van der Waals surface area (Å²) >= 11 is 0. The van der Waals surface area contributed by atoms with Crippen LogP contribution >= 0.6 is 0 Å². The van der Waals surface area contributed by atoms with Gasteiger partial charge in [-0.25, -0.2) is 4.79 Å². The summed E-state index contributed by atoms with van der Waals surface area (Å²) in [6, 6.07) is -0.194. The largest absolute Gasteiger partial charge is 0.311 e. The zero-order chi connectivity index (χ0) is 8.85. The molecular weight excluding hydrogens is 144 g/mol. The Bertz CT molecular complexity index is 157. The maximum Gasteiger partial charge on any atom is 0.308 e. The van der Waals surface area contributed by atoms with Crippen molar-refractivity contribution in [2.24, 2.45) is 0 Å². The summed E-state index contributed by atoms with van der Waals surface area (Å²) in [6.07, 6.45) is 0.916. The highest BCUT2D eigenvalue weighted by Crippen LogP contribution is 1.96. The van der Waals surface area contributed by atoms with Crippen molar-refractivity contribution in [3.05, 3.63) is 0 Å². The highest BCUT2D eigenvalue weighted by molar-refractivity contribution is 5.81. The number of nitrogens with one attached hydrogen (secondary N) is 1. The van der Waals surface area contributed by atoms with E-state index >= 15 is 0 Å². The molecule has 4 N–H and O–H groups in total. The number of hydrogen-bond donors (Lipinski definition) is 2. The summed E-state index contributed by atoms with van der Waals surface area (Å²) < 4.78 is 0. The van der Waals surface area contributed by atoms with Crippen molar-refractivity contribution in [2.45, 2.75) is 25.8 Å². The van der Waals surface area contributed by atoms with E-state index in [0.717, 1.165) is 0 Å². The van der Waals surface area contributed by atoms with Crippen molar-refractivity contribution in [1.29, 1.82) is 0 Å². The third-order valence-corrected chi connectivity index (χ3v) is 1.55. The van der Waals surface area contributed by atoms with Crippen LogP contribution in [0.3, 0.4) is 0 Å². The summed E-state index contributed by atoms with van der Waals surface area (Å²) in [5.74, 6) is -0.0553. The van der Waals surface area contributed by atoms with Crippen LogP contribution in [0.1, 0.15) is 19.8 Å². The molecule has 0 aromatic heterocycles. The number of carbonyl (C=O) groups is 2. The predicted molar refractivity (Wildman–Crippen MR) is 40.7 cm³/mol. The van der Waals surface area contributed by atoms with E-state index in [4.69, 9.17) is 0 Å². The van der Waals surface area contributed by atoms with Crippen LogP contribution in [-0.4, -0.2) is 24.8 Å². The maximum absolute atomic E-state index is 10.8. The fourth-order valence-corrected chi connectivity index (χ4v) is 0.856. The van der Waals surface area contributed by atoms with Crippen molar-refractivity contribution in [3.63, 3.8) is 0 Å². The van der Waals surface area contributed by atoms with Crippen LogP contribution in [-0.2, 0) is 9.59 Å². The Kier molecular flexibility index (Phi) is 4.65. The van der Waals surface area contributed by atoms with Gasteiger partial charge in [0, 0.05) is 0 Å². The molecule has 0 fully saturated rings. The van der Waals surface area contributed by atoms with E-state index < -0.39 is 0 Å². The molecule has 11 heavy (non-hydrogen) atoms. The van der Waals surface area contributed by atoms with Gasteiger partial charge in [-0.3, -0.25) is 10.5 Å². The minimum Gasteiger partial charge on any atom is -0.311 e. The average molecular weight is 159 g/mol. The van der Waals surface area contributed by atoms with Crippen LogP contribution in [0.25, 0.3) is 0 Å². The Hall–Kier alpha value is -0.740. The van der Waals surface area contributed by atoms with Crippen LogP contribution in [0.5, 0.6) is 0 Å². The first-order valence-electron chi connectivity index (χ1n) is 3.60. The molecule has 0 aromatic carbocycles. The van der Waals surface area contributed by atoms with Gasteiger partial charge in [0.25, 0.3) is 0 Å². The molecule has 0 radical (unpaired) electrons. The summed E-state index contributed by atoms with van der Waals surface area (Å²) in [5, 5.41) is 2.83. The normalized spacial score (nSPS) is 12.6. The molecule has 4 nitrogen and oxygen atoms in total. The Morgan fingerprint density at radius 2 is 2.09 bits per heavy atom. The van der Waals surface area contributed by atoms with E-state index in [1.54, 1.807) is 7.05 Å². The third-order valence-electron chi connectivity index (χ3n) is 1.55. The zero-order valence-corrected chi connectivity index (χ0v) is 7.02. The van der Waals surface area contributed by atoms with Crippen LogP contribution in [0, 0.1) is 0 Å². The molecule has 4 heteroatoms. The van der Waals surface area contributed by atoms with Gasteiger partial charge in [-0.15, -0.1) is 0 Å². The Morgan fingerprint density at radius 1 is 1.55 bits per heavy atom. The topological polar surface area (TPSA) is 73.8 Å². The molecule has 0 aliphatic heterocycles. The van der Waals surface area contributed by atoms with Gasteiger partial charge in [0.2, 0.25) is 0 Å². The van der Waals surface area contributed by atoms with Crippen molar-refractivity contribution in [1.82, 2.24) is 5.32 Å². The second-order valence-corrected chi connectivity index (χ2v) is 2.53. The highest BCUT2D eigenvalue weighted by Gasteiger charge is 2.12. The van der Waals surface area contributed by atoms with Gasteiger partial charge in [-0.1, -0.05) is 0 Å². The number of likely N-dealkylation sites (N-methyl/N-ethyl adjacent to an activating group) is 1.